The molecular formula is C9H7F3INO. The van der Waals surface area contributed by atoms with Crippen molar-refractivity contribution in [1.29, 1.82) is 0 Å². The average Bonchev–Trinajstić information content (AvgIpc) is 2.06. The molecule has 1 rings (SSSR count). The molecule has 0 aliphatic heterocycles. The number of ketones is 1. The molecule has 0 radical (unpaired) electrons. The van der Waals surface area contributed by atoms with Gasteiger partial charge >= 0.3 is 6.18 Å². The summed E-state index contributed by atoms with van der Waals surface area (Å²) in [5, 5.41) is 0. The van der Waals surface area contributed by atoms with Gasteiger partial charge in [0.1, 0.15) is 0 Å². The molecule has 15 heavy (non-hydrogen) atoms. The summed E-state index contributed by atoms with van der Waals surface area (Å²) in [5.74, 6) is -0.348. The summed E-state index contributed by atoms with van der Waals surface area (Å²) in [6.07, 6.45) is -4.44. The van der Waals surface area contributed by atoms with E-state index in [-0.39, 0.29) is 20.6 Å². The number of carbonyl (C=O) groups is 1. The minimum atomic E-state index is -4.44. The van der Waals surface area contributed by atoms with Crippen LogP contribution < -0.4 is 5.73 Å². The maximum atomic E-state index is 12.4. The monoisotopic (exact) mass is 329 g/mol. The third-order valence-electron chi connectivity index (χ3n) is 1.86. The number of rotatable bonds is 1. The van der Waals surface area contributed by atoms with Gasteiger partial charge in [0.2, 0.25) is 0 Å². The number of alkyl halides is 3. The summed E-state index contributed by atoms with van der Waals surface area (Å²) in [6.45, 7) is 1.26. The molecule has 0 heterocycles. The lowest BCUT2D eigenvalue weighted by atomic mass is 10.1. The highest BCUT2D eigenvalue weighted by Crippen LogP contribution is 2.36. The lowest BCUT2D eigenvalue weighted by molar-refractivity contribution is -0.138. The van der Waals surface area contributed by atoms with Crippen molar-refractivity contribution < 1.29 is 18.0 Å². The molecule has 0 atom stereocenters. The molecule has 6 heteroatoms. The average molecular weight is 329 g/mol. The highest BCUT2D eigenvalue weighted by molar-refractivity contribution is 14.1. The standard InChI is InChI=1S/C9H7F3INO/c1-4(15)5-2-3-6(9(10,11)12)7(13)8(5)14/h2-3H,14H2,1H3. The number of hydrogen-bond donors (Lipinski definition) is 1. The van der Waals surface area contributed by atoms with E-state index >= 15 is 0 Å². The van der Waals surface area contributed by atoms with E-state index in [2.05, 4.69) is 0 Å². The quantitative estimate of drug-likeness (QED) is 0.489. The fourth-order valence-electron chi connectivity index (χ4n) is 1.12. The van der Waals surface area contributed by atoms with Crippen LogP contribution in [0.15, 0.2) is 12.1 Å². The van der Waals surface area contributed by atoms with Crippen molar-refractivity contribution >= 4 is 34.1 Å². The Kier molecular flexibility index (Phi) is 3.27. The zero-order valence-corrected chi connectivity index (χ0v) is 9.81. The normalized spacial score (nSPS) is 11.5. The predicted molar refractivity (Wildman–Crippen MR) is 58.6 cm³/mol. The van der Waals surface area contributed by atoms with Crippen LogP contribution in [0.3, 0.4) is 0 Å². The minimum Gasteiger partial charge on any atom is -0.397 e. The van der Waals surface area contributed by atoms with Gasteiger partial charge in [0.05, 0.1) is 11.3 Å². The number of nitrogens with two attached hydrogens (primary N) is 1. The SMILES string of the molecule is CC(=O)c1ccc(C(F)(F)F)c(I)c1N. The molecule has 0 aliphatic carbocycles. The summed E-state index contributed by atoms with van der Waals surface area (Å²) in [6, 6.07) is 1.97. The van der Waals surface area contributed by atoms with Crippen molar-refractivity contribution in [3.8, 4) is 0 Å². The Balaban J connectivity index is 3.41. The maximum Gasteiger partial charge on any atom is 0.417 e. The number of benzene rings is 1. The summed E-state index contributed by atoms with van der Waals surface area (Å²) in [4.78, 5) is 11.0. The molecular weight excluding hydrogens is 322 g/mol. The number of halogens is 4. The first-order valence-electron chi connectivity index (χ1n) is 3.91. The van der Waals surface area contributed by atoms with E-state index in [0.29, 0.717) is 0 Å². The maximum absolute atomic E-state index is 12.4. The third-order valence-corrected chi connectivity index (χ3v) is 3.03. The van der Waals surface area contributed by atoms with Crippen molar-refractivity contribution in [2.45, 2.75) is 13.1 Å². The molecule has 0 bridgehead atoms. The van der Waals surface area contributed by atoms with Crippen LogP contribution in [0.4, 0.5) is 18.9 Å². The van der Waals surface area contributed by atoms with Gasteiger partial charge in [-0.1, -0.05) is 0 Å². The molecule has 0 fully saturated rings. The summed E-state index contributed by atoms with van der Waals surface area (Å²) in [7, 11) is 0. The largest absolute Gasteiger partial charge is 0.417 e. The smallest absolute Gasteiger partial charge is 0.397 e. The molecule has 0 amide bonds. The fraction of sp³-hybridized carbons (Fsp3) is 0.222. The van der Waals surface area contributed by atoms with E-state index in [1.807, 2.05) is 0 Å². The van der Waals surface area contributed by atoms with E-state index in [9.17, 15) is 18.0 Å². The lowest BCUT2D eigenvalue weighted by Crippen LogP contribution is -2.11. The van der Waals surface area contributed by atoms with Crippen LogP contribution in [0.1, 0.15) is 22.8 Å². The zero-order chi connectivity index (χ0) is 11.8. The summed E-state index contributed by atoms with van der Waals surface area (Å²) >= 11 is 1.49. The molecule has 0 saturated heterocycles. The first-order chi connectivity index (χ1) is 6.75. The predicted octanol–water partition coefficient (Wildman–Crippen LogP) is 3.09. The van der Waals surface area contributed by atoms with E-state index in [4.69, 9.17) is 5.73 Å². The van der Waals surface area contributed by atoms with Gasteiger partial charge in [-0.2, -0.15) is 13.2 Å². The van der Waals surface area contributed by atoms with Crippen LogP contribution in [0.5, 0.6) is 0 Å². The first-order valence-corrected chi connectivity index (χ1v) is 4.99. The van der Waals surface area contributed by atoms with Gasteiger partial charge in [-0.25, -0.2) is 0 Å². The number of Topliss-reactive ketones (excluding diaryl/α,β-unsaturated/α-hetero) is 1. The van der Waals surface area contributed by atoms with Gasteiger partial charge in [0, 0.05) is 9.13 Å². The third kappa shape index (κ3) is 2.42. The summed E-state index contributed by atoms with van der Waals surface area (Å²) < 4.78 is 37.1. The molecule has 1 aromatic rings. The van der Waals surface area contributed by atoms with E-state index in [0.717, 1.165) is 12.1 Å². The second kappa shape index (κ2) is 3.99. The lowest BCUT2D eigenvalue weighted by Gasteiger charge is -2.12. The Morgan fingerprint density at radius 3 is 2.33 bits per heavy atom. The van der Waals surface area contributed by atoms with E-state index in [1.54, 1.807) is 0 Å². The Morgan fingerprint density at radius 2 is 1.93 bits per heavy atom. The first kappa shape index (κ1) is 12.3. The van der Waals surface area contributed by atoms with Crippen LogP contribution in [-0.4, -0.2) is 5.78 Å². The minimum absolute atomic E-state index is 0.113. The van der Waals surface area contributed by atoms with Crippen LogP contribution in [0.25, 0.3) is 0 Å². The van der Waals surface area contributed by atoms with Crippen LogP contribution >= 0.6 is 22.6 Å². The zero-order valence-electron chi connectivity index (χ0n) is 7.65. The van der Waals surface area contributed by atoms with Crippen molar-refractivity contribution in [2.75, 3.05) is 5.73 Å². The highest BCUT2D eigenvalue weighted by Gasteiger charge is 2.34. The number of carbonyl (C=O) groups excluding carboxylic acids is 1. The van der Waals surface area contributed by atoms with Crippen LogP contribution in [0.2, 0.25) is 0 Å². The Hall–Kier alpha value is -0.790. The molecule has 0 spiro atoms. The molecule has 2 N–H and O–H groups in total. The number of nitrogen functional groups attached to an aromatic ring is 1. The summed E-state index contributed by atoms with van der Waals surface area (Å²) in [5.41, 5.74) is 4.64. The highest BCUT2D eigenvalue weighted by atomic mass is 127. The van der Waals surface area contributed by atoms with Crippen molar-refractivity contribution in [1.82, 2.24) is 0 Å². The topological polar surface area (TPSA) is 43.1 Å². The molecule has 0 aromatic heterocycles. The van der Waals surface area contributed by atoms with Crippen molar-refractivity contribution in [3.05, 3.63) is 26.8 Å². The van der Waals surface area contributed by atoms with Gasteiger partial charge in [-0.15, -0.1) is 0 Å². The Morgan fingerprint density at radius 1 is 1.40 bits per heavy atom. The van der Waals surface area contributed by atoms with Gasteiger partial charge < -0.3 is 5.73 Å². The molecule has 0 unspecified atom stereocenters. The Bertz CT molecular complexity index is 415. The van der Waals surface area contributed by atoms with Gasteiger partial charge in [-0.3, -0.25) is 4.79 Å². The molecule has 0 aliphatic rings. The molecule has 82 valence electrons. The van der Waals surface area contributed by atoms with E-state index < -0.39 is 11.7 Å². The van der Waals surface area contributed by atoms with Gasteiger partial charge in [-0.05, 0) is 41.6 Å². The number of anilines is 1. The van der Waals surface area contributed by atoms with Gasteiger partial charge in [0.15, 0.2) is 5.78 Å². The van der Waals surface area contributed by atoms with Crippen LogP contribution in [-0.2, 0) is 6.18 Å². The second-order valence-corrected chi connectivity index (χ2v) is 4.02. The second-order valence-electron chi connectivity index (χ2n) is 2.94. The van der Waals surface area contributed by atoms with Crippen molar-refractivity contribution in [2.24, 2.45) is 0 Å². The van der Waals surface area contributed by atoms with E-state index in [1.165, 1.54) is 29.5 Å². The van der Waals surface area contributed by atoms with Crippen molar-refractivity contribution in [3.63, 3.8) is 0 Å². The van der Waals surface area contributed by atoms with Crippen LogP contribution in [0, 0.1) is 3.57 Å². The molecule has 0 saturated carbocycles. The molecule has 1 aromatic carbocycles. The molecule has 2 nitrogen and oxygen atoms in total. The number of hydrogen-bond acceptors (Lipinski definition) is 2. The Labute approximate surface area is 97.8 Å². The fourth-order valence-corrected chi connectivity index (χ4v) is 1.89. The van der Waals surface area contributed by atoms with Gasteiger partial charge in [0.25, 0.3) is 0 Å².